The molecule has 0 heterocycles. The lowest BCUT2D eigenvalue weighted by Crippen LogP contribution is -2.16. The third kappa shape index (κ3) is 4.82. The molecule has 0 aliphatic rings. The molecule has 0 saturated heterocycles. The molecule has 0 spiro atoms. The molecule has 0 fully saturated rings. The summed E-state index contributed by atoms with van der Waals surface area (Å²) in [6, 6.07) is 3.55. The third-order valence-electron chi connectivity index (χ3n) is 2.60. The van der Waals surface area contributed by atoms with Crippen molar-refractivity contribution in [2.45, 2.75) is 26.1 Å². The van der Waals surface area contributed by atoms with Crippen LogP contribution in [0.3, 0.4) is 0 Å². The number of nitrogens with two attached hydrogens (primary N) is 1. The molecule has 0 bridgehead atoms. The number of halogens is 3. The number of ether oxygens (including phenoxy) is 1. The maximum atomic E-state index is 12.8. The maximum absolute atomic E-state index is 12.8. The van der Waals surface area contributed by atoms with Crippen LogP contribution in [0.5, 0.6) is 0 Å². The Labute approximate surface area is 115 Å². The van der Waals surface area contributed by atoms with E-state index in [4.69, 9.17) is 10.5 Å². The summed E-state index contributed by atoms with van der Waals surface area (Å²) in [6.45, 7) is 2.29. The minimum atomic E-state index is -4.50. The molecule has 3 N–H and O–H groups in total. The van der Waals surface area contributed by atoms with Gasteiger partial charge in [-0.15, -0.1) is 0 Å². The number of carbonyl (C=O) groups excluding carboxylic acids is 1. The number of alkyl halides is 3. The zero-order chi connectivity index (χ0) is 15.2. The fourth-order valence-electron chi connectivity index (χ4n) is 1.63. The molecule has 1 aromatic carbocycles. The first-order valence-electron chi connectivity index (χ1n) is 6.16. The molecule has 0 saturated carbocycles. The molecular weight excluding hydrogens is 273 g/mol. The Balaban J connectivity index is 2.79. The van der Waals surface area contributed by atoms with Gasteiger partial charge in [0.25, 0.3) is 0 Å². The van der Waals surface area contributed by atoms with Crippen LogP contribution in [-0.2, 0) is 22.3 Å². The highest BCUT2D eigenvalue weighted by molar-refractivity contribution is 5.90. The zero-order valence-electron chi connectivity index (χ0n) is 11.1. The van der Waals surface area contributed by atoms with Crippen LogP contribution in [0.15, 0.2) is 18.2 Å². The first kappa shape index (κ1) is 16.5. The normalized spacial score (nSPS) is 11.4. The Hall–Kier alpha value is -1.60. The van der Waals surface area contributed by atoms with E-state index in [0.29, 0.717) is 6.61 Å². The number of carbonyl (C=O) groups is 1. The van der Waals surface area contributed by atoms with Crippen LogP contribution in [0.25, 0.3) is 0 Å². The van der Waals surface area contributed by atoms with Gasteiger partial charge in [-0.1, -0.05) is 6.07 Å². The molecule has 4 nitrogen and oxygen atoms in total. The third-order valence-corrected chi connectivity index (χ3v) is 2.60. The standard InChI is InChI=1S/C13H17F3N2O2/c1-2-20-6-5-12(19)18-10-4-3-9(8-17)11(7-10)13(14,15)16/h3-4,7H,2,5-6,8,17H2,1H3,(H,18,19). The van der Waals surface area contributed by atoms with Crippen LogP contribution in [0.1, 0.15) is 24.5 Å². The molecular formula is C13H17F3N2O2. The molecule has 1 rings (SSSR count). The molecule has 7 heteroatoms. The van der Waals surface area contributed by atoms with E-state index in [0.717, 1.165) is 6.07 Å². The number of nitrogens with one attached hydrogen (secondary N) is 1. The largest absolute Gasteiger partial charge is 0.416 e. The second-order valence-electron chi connectivity index (χ2n) is 4.07. The summed E-state index contributed by atoms with van der Waals surface area (Å²) in [5.74, 6) is -0.396. The summed E-state index contributed by atoms with van der Waals surface area (Å²) < 4.78 is 43.4. The van der Waals surface area contributed by atoms with Crippen molar-refractivity contribution in [3.8, 4) is 0 Å². The number of amides is 1. The second kappa shape index (κ2) is 7.25. The molecule has 0 aliphatic carbocycles. The van der Waals surface area contributed by atoms with Gasteiger partial charge in [0.1, 0.15) is 0 Å². The smallest absolute Gasteiger partial charge is 0.381 e. The minimum Gasteiger partial charge on any atom is -0.381 e. The molecule has 1 aromatic rings. The second-order valence-corrected chi connectivity index (χ2v) is 4.07. The van der Waals surface area contributed by atoms with Gasteiger partial charge in [0.15, 0.2) is 0 Å². The molecule has 112 valence electrons. The Morgan fingerprint density at radius 3 is 2.65 bits per heavy atom. The van der Waals surface area contributed by atoms with E-state index in [2.05, 4.69) is 5.32 Å². The van der Waals surface area contributed by atoms with Crippen molar-refractivity contribution in [2.75, 3.05) is 18.5 Å². The number of anilines is 1. The topological polar surface area (TPSA) is 64.3 Å². The summed E-state index contributed by atoms with van der Waals surface area (Å²) >= 11 is 0. The number of hydrogen-bond donors (Lipinski definition) is 2. The van der Waals surface area contributed by atoms with Crippen molar-refractivity contribution in [3.05, 3.63) is 29.3 Å². The van der Waals surface area contributed by atoms with Crippen molar-refractivity contribution in [1.29, 1.82) is 0 Å². The van der Waals surface area contributed by atoms with Gasteiger partial charge in [-0.25, -0.2) is 0 Å². The van der Waals surface area contributed by atoms with E-state index in [1.54, 1.807) is 6.92 Å². The summed E-state index contributed by atoms with van der Waals surface area (Å²) in [4.78, 5) is 11.5. The quantitative estimate of drug-likeness (QED) is 0.791. The molecule has 0 aliphatic heterocycles. The van der Waals surface area contributed by atoms with Crippen LogP contribution in [0, 0.1) is 0 Å². The highest BCUT2D eigenvalue weighted by Crippen LogP contribution is 2.33. The van der Waals surface area contributed by atoms with Gasteiger partial charge < -0.3 is 15.8 Å². The molecule has 20 heavy (non-hydrogen) atoms. The van der Waals surface area contributed by atoms with Gasteiger partial charge in [0.2, 0.25) is 5.91 Å². The van der Waals surface area contributed by atoms with Crippen LogP contribution in [0.4, 0.5) is 18.9 Å². The summed E-state index contributed by atoms with van der Waals surface area (Å²) in [7, 11) is 0. The van der Waals surface area contributed by atoms with Gasteiger partial charge in [0, 0.05) is 18.8 Å². The lowest BCUT2D eigenvalue weighted by Gasteiger charge is -2.14. The van der Waals surface area contributed by atoms with Crippen molar-refractivity contribution >= 4 is 11.6 Å². The van der Waals surface area contributed by atoms with E-state index < -0.39 is 17.6 Å². The average molecular weight is 290 g/mol. The highest BCUT2D eigenvalue weighted by Gasteiger charge is 2.33. The van der Waals surface area contributed by atoms with Crippen molar-refractivity contribution in [3.63, 3.8) is 0 Å². The van der Waals surface area contributed by atoms with E-state index in [9.17, 15) is 18.0 Å². The van der Waals surface area contributed by atoms with Crippen LogP contribution in [0.2, 0.25) is 0 Å². The van der Waals surface area contributed by atoms with E-state index >= 15 is 0 Å². The van der Waals surface area contributed by atoms with Gasteiger partial charge in [0.05, 0.1) is 18.6 Å². The number of benzene rings is 1. The van der Waals surface area contributed by atoms with E-state index in [1.807, 2.05) is 0 Å². The van der Waals surface area contributed by atoms with Crippen molar-refractivity contribution in [1.82, 2.24) is 0 Å². The molecule has 1 amide bonds. The van der Waals surface area contributed by atoms with Crippen LogP contribution in [-0.4, -0.2) is 19.1 Å². The van der Waals surface area contributed by atoms with Gasteiger partial charge in [-0.2, -0.15) is 13.2 Å². The Kier molecular flexibility index (Phi) is 5.97. The number of rotatable bonds is 6. The first-order chi connectivity index (χ1) is 9.38. The Bertz CT molecular complexity index is 461. The zero-order valence-corrected chi connectivity index (χ0v) is 11.1. The average Bonchev–Trinajstić information content (AvgIpc) is 2.38. The summed E-state index contributed by atoms with van der Waals surface area (Å²) in [6.07, 6.45) is -4.41. The lowest BCUT2D eigenvalue weighted by atomic mass is 10.1. The molecule has 0 atom stereocenters. The number of hydrogen-bond acceptors (Lipinski definition) is 3. The maximum Gasteiger partial charge on any atom is 0.416 e. The highest BCUT2D eigenvalue weighted by atomic mass is 19.4. The van der Waals surface area contributed by atoms with E-state index in [1.165, 1.54) is 12.1 Å². The molecule has 0 radical (unpaired) electrons. The van der Waals surface area contributed by atoms with Crippen LogP contribution >= 0.6 is 0 Å². The molecule has 0 aromatic heterocycles. The monoisotopic (exact) mass is 290 g/mol. The predicted octanol–water partition coefficient (Wildman–Crippen LogP) is 2.53. The van der Waals surface area contributed by atoms with Crippen molar-refractivity contribution in [2.24, 2.45) is 5.73 Å². The first-order valence-corrected chi connectivity index (χ1v) is 6.16. The Morgan fingerprint density at radius 2 is 2.10 bits per heavy atom. The summed E-state index contributed by atoms with van der Waals surface area (Å²) in [5, 5.41) is 2.40. The lowest BCUT2D eigenvalue weighted by molar-refractivity contribution is -0.138. The minimum absolute atomic E-state index is 0.00943. The van der Waals surface area contributed by atoms with Gasteiger partial charge in [-0.05, 0) is 24.6 Å². The summed E-state index contributed by atoms with van der Waals surface area (Å²) in [5.41, 5.74) is 4.53. The molecule has 0 unspecified atom stereocenters. The van der Waals surface area contributed by atoms with Gasteiger partial charge >= 0.3 is 6.18 Å². The van der Waals surface area contributed by atoms with Crippen LogP contribution < -0.4 is 11.1 Å². The fourth-order valence-corrected chi connectivity index (χ4v) is 1.63. The van der Waals surface area contributed by atoms with Gasteiger partial charge in [-0.3, -0.25) is 4.79 Å². The predicted molar refractivity (Wildman–Crippen MR) is 69.1 cm³/mol. The fraction of sp³-hybridized carbons (Fsp3) is 0.462. The van der Waals surface area contributed by atoms with Crippen molar-refractivity contribution < 1.29 is 22.7 Å². The SMILES string of the molecule is CCOCCC(=O)Nc1ccc(CN)c(C(F)(F)F)c1. The van der Waals surface area contributed by atoms with E-state index in [-0.39, 0.29) is 30.8 Å². The Morgan fingerprint density at radius 1 is 1.40 bits per heavy atom.